The van der Waals surface area contributed by atoms with Crippen molar-refractivity contribution in [1.29, 1.82) is 0 Å². The minimum absolute atomic E-state index is 0.0483. The molecule has 2 aliphatic heterocycles. The first-order chi connectivity index (χ1) is 12.2. The maximum absolute atomic E-state index is 13.0. The highest BCUT2D eigenvalue weighted by atomic mass is 16.2. The molecule has 0 radical (unpaired) electrons. The molecule has 1 aromatic heterocycles. The van der Waals surface area contributed by atoms with Gasteiger partial charge < -0.3 is 10.2 Å². The molecule has 2 atom stereocenters. The summed E-state index contributed by atoms with van der Waals surface area (Å²) < 4.78 is 1.85. The van der Waals surface area contributed by atoms with E-state index in [-0.39, 0.29) is 11.4 Å². The molecule has 6 heteroatoms. The van der Waals surface area contributed by atoms with Crippen LogP contribution >= 0.6 is 0 Å². The Morgan fingerprint density at radius 2 is 2.00 bits per heavy atom. The maximum atomic E-state index is 13.0. The maximum Gasteiger partial charge on any atom is 0.274 e. The molecule has 2 saturated heterocycles. The van der Waals surface area contributed by atoms with E-state index in [1.165, 1.54) is 0 Å². The van der Waals surface area contributed by atoms with Crippen LogP contribution in [-0.2, 0) is 0 Å². The molecule has 1 aliphatic carbocycles. The standard InChI is InChI=1S/C19H23N5O/c25-18(20-19-9-4-11-23(13-19)12-10-19)16-17(14-7-8-14)24(22-21-16)15-5-2-1-3-6-15/h1-3,5-6,14H,4,7-13H2,(H,20,25). The quantitative estimate of drug-likeness (QED) is 0.928. The van der Waals surface area contributed by atoms with Gasteiger partial charge in [-0.05, 0) is 50.8 Å². The van der Waals surface area contributed by atoms with Crippen molar-refractivity contribution in [1.82, 2.24) is 25.2 Å². The summed E-state index contributed by atoms with van der Waals surface area (Å²) in [7, 11) is 0. The Morgan fingerprint density at radius 3 is 2.80 bits per heavy atom. The molecule has 25 heavy (non-hydrogen) atoms. The molecule has 0 spiro atoms. The Morgan fingerprint density at radius 1 is 1.16 bits per heavy atom. The van der Waals surface area contributed by atoms with E-state index >= 15 is 0 Å². The van der Waals surface area contributed by atoms with Crippen molar-refractivity contribution in [3.05, 3.63) is 41.7 Å². The molecular formula is C19H23N5O. The van der Waals surface area contributed by atoms with E-state index in [9.17, 15) is 4.79 Å². The summed E-state index contributed by atoms with van der Waals surface area (Å²) in [6, 6.07) is 9.98. The van der Waals surface area contributed by atoms with Crippen LogP contribution in [0.25, 0.3) is 5.69 Å². The number of rotatable bonds is 4. The van der Waals surface area contributed by atoms with Crippen molar-refractivity contribution < 1.29 is 4.79 Å². The Bertz CT molecular complexity index is 793. The Labute approximate surface area is 147 Å². The molecule has 130 valence electrons. The minimum Gasteiger partial charge on any atom is -0.344 e. The lowest BCUT2D eigenvalue weighted by molar-refractivity contribution is 0.0871. The fourth-order valence-electron chi connectivity index (χ4n) is 4.39. The summed E-state index contributed by atoms with van der Waals surface area (Å²) in [6.45, 7) is 3.23. The number of carbonyl (C=O) groups excluding carboxylic acids is 1. The summed E-state index contributed by atoms with van der Waals surface area (Å²) in [5.74, 6) is 0.354. The number of para-hydroxylation sites is 1. The average molecular weight is 337 g/mol. The molecule has 6 nitrogen and oxygen atoms in total. The fourth-order valence-corrected chi connectivity index (χ4v) is 4.39. The molecular weight excluding hydrogens is 314 g/mol. The number of aromatic nitrogens is 3. The highest BCUT2D eigenvalue weighted by molar-refractivity contribution is 5.94. The van der Waals surface area contributed by atoms with Crippen molar-refractivity contribution in [3.63, 3.8) is 0 Å². The summed E-state index contributed by atoms with van der Waals surface area (Å²) in [4.78, 5) is 15.5. The van der Waals surface area contributed by atoms with Gasteiger partial charge in [0.15, 0.2) is 5.69 Å². The first-order valence-electron chi connectivity index (χ1n) is 9.30. The number of nitrogens with one attached hydrogen (secondary N) is 1. The van der Waals surface area contributed by atoms with Crippen molar-refractivity contribution in [2.45, 2.75) is 43.6 Å². The highest BCUT2D eigenvalue weighted by Gasteiger charge is 2.43. The molecule has 5 rings (SSSR count). The number of hydrogen-bond donors (Lipinski definition) is 1. The van der Waals surface area contributed by atoms with Crippen LogP contribution in [0.1, 0.15) is 54.2 Å². The zero-order valence-electron chi connectivity index (χ0n) is 14.3. The number of amides is 1. The van der Waals surface area contributed by atoms with Gasteiger partial charge in [-0.15, -0.1) is 5.10 Å². The molecule has 1 N–H and O–H groups in total. The van der Waals surface area contributed by atoms with Gasteiger partial charge in [0.05, 0.1) is 16.9 Å². The summed E-state index contributed by atoms with van der Waals surface area (Å²) in [5, 5.41) is 11.9. The lowest BCUT2D eigenvalue weighted by atomic mass is 9.90. The smallest absolute Gasteiger partial charge is 0.274 e. The van der Waals surface area contributed by atoms with Crippen LogP contribution < -0.4 is 5.32 Å². The topological polar surface area (TPSA) is 63.1 Å². The van der Waals surface area contributed by atoms with E-state index in [2.05, 4.69) is 20.5 Å². The summed E-state index contributed by atoms with van der Waals surface area (Å²) in [6.07, 6.45) is 5.50. The van der Waals surface area contributed by atoms with Crippen LogP contribution in [0, 0.1) is 0 Å². The SMILES string of the molecule is O=C(NC12CCCN(CC1)C2)c1nnn(-c2ccccc2)c1C1CC1. The van der Waals surface area contributed by atoms with Crippen molar-refractivity contribution in [3.8, 4) is 5.69 Å². The molecule has 3 heterocycles. The predicted molar refractivity (Wildman–Crippen MR) is 93.8 cm³/mol. The van der Waals surface area contributed by atoms with Crippen LogP contribution in [-0.4, -0.2) is 51.0 Å². The van der Waals surface area contributed by atoms with Gasteiger partial charge in [-0.2, -0.15) is 0 Å². The zero-order chi connectivity index (χ0) is 16.9. The van der Waals surface area contributed by atoms with E-state index < -0.39 is 0 Å². The van der Waals surface area contributed by atoms with Gasteiger partial charge in [0, 0.05) is 19.0 Å². The summed E-state index contributed by atoms with van der Waals surface area (Å²) in [5.41, 5.74) is 2.40. The molecule has 1 saturated carbocycles. The van der Waals surface area contributed by atoms with Crippen LogP contribution in [0.3, 0.4) is 0 Å². The lowest BCUT2D eigenvalue weighted by Gasteiger charge is -2.34. The van der Waals surface area contributed by atoms with Gasteiger partial charge in [-0.25, -0.2) is 4.68 Å². The summed E-state index contributed by atoms with van der Waals surface area (Å²) >= 11 is 0. The zero-order valence-corrected chi connectivity index (χ0v) is 14.3. The number of nitrogens with zero attached hydrogens (tertiary/aromatic N) is 4. The third-order valence-electron chi connectivity index (χ3n) is 5.83. The molecule has 2 bridgehead atoms. The van der Waals surface area contributed by atoms with Crippen LogP contribution in [0.4, 0.5) is 0 Å². The Hall–Kier alpha value is -2.21. The number of fused-ring (bicyclic) bond motifs is 2. The lowest BCUT2D eigenvalue weighted by Crippen LogP contribution is -2.53. The van der Waals surface area contributed by atoms with Crippen molar-refractivity contribution in [2.75, 3.05) is 19.6 Å². The fraction of sp³-hybridized carbons (Fsp3) is 0.526. The normalized spacial score (nSPS) is 28.1. The molecule has 1 aromatic carbocycles. The van der Waals surface area contributed by atoms with E-state index in [0.29, 0.717) is 11.6 Å². The van der Waals surface area contributed by atoms with Gasteiger partial charge in [-0.3, -0.25) is 4.79 Å². The van der Waals surface area contributed by atoms with Crippen LogP contribution in [0.15, 0.2) is 30.3 Å². The molecule has 3 aliphatic rings. The van der Waals surface area contributed by atoms with Gasteiger partial charge in [0.2, 0.25) is 0 Å². The molecule has 2 aromatic rings. The largest absolute Gasteiger partial charge is 0.344 e. The average Bonchev–Trinajstić information content (AvgIpc) is 3.31. The van der Waals surface area contributed by atoms with Crippen LogP contribution in [0.5, 0.6) is 0 Å². The highest BCUT2D eigenvalue weighted by Crippen LogP contribution is 2.42. The first-order valence-corrected chi connectivity index (χ1v) is 9.30. The molecule has 2 unspecified atom stereocenters. The van der Waals surface area contributed by atoms with Gasteiger partial charge in [-0.1, -0.05) is 23.4 Å². The first kappa shape index (κ1) is 15.1. The van der Waals surface area contributed by atoms with Crippen molar-refractivity contribution >= 4 is 5.91 Å². The van der Waals surface area contributed by atoms with Crippen molar-refractivity contribution in [2.24, 2.45) is 0 Å². The Kier molecular flexibility index (Phi) is 3.41. The van der Waals surface area contributed by atoms with Gasteiger partial charge in [0.25, 0.3) is 5.91 Å². The van der Waals surface area contributed by atoms with Crippen LogP contribution in [0.2, 0.25) is 0 Å². The predicted octanol–water partition coefficient (Wildman–Crippen LogP) is 2.11. The molecule has 1 amide bonds. The number of piperidine rings is 1. The van der Waals surface area contributed by atoms with E-state index in [1.807, 2.05) is 35.0 Å². The second-order valence-corrected chi connectivity index (χ2v) is 7.71. The number of benzene rings is 1. The monoisotopic (exact) mass is 337 g/mol. The number of carbonyl (C=O) groups is 1. The third-order valence-corrected chi connectivity index (χ3v) is 5.83. The van der Waals surface area contributed by atoms with E-state index in [4.69, 9.17) is 0 Å². The third kappa shape index (κ3) is 2.65. The minimum atomic E-state index is -0.0628. The second kappa shape index (κ2) is 5.66. The number of hydrogen-bond acceptors (Lipinski definition) is 4. The molecule has 3 fully saturated rings. The Balaban J connectivity index is 1.46. The second-order valence-electron chi connectivity index (χ2n) is 7.71. The van der Waals surface area contributed by atoms with Gasteiger partial charge >= 0.3 is 0 Å². The van der Waals surface area contributed by atoms with E-state index in [1.54, 1.807) is 0 Å². The van der Waals surface area contributed by atoms with Gasteiger partial charge in [0.1, 0.15) is 0 Å². The van der Waals surface area contributed by atoms with E-state index in [0.717, 1.165) is 63.1 Å².